The van der Waals surface area contributed by atoms with E-state index < -0.39 is 0 Å². The van der Waals surface area contributed by atoms with Gasteiger partial charge in [-0.1, -0.05) is 77.6 Å². The van der Waals surface area contributed by atoms with Crippen LogP contribution < -0.4 is 10.1 Å². The van der Waals surface area contributed by atoms with Crippen LogP contribution in [0.4, 0.5) is 4.39 Å². The van der Waals surface area contributed by atoms with Crippen LogP contribution in [0.1, 0.15) is 22.5 Å². The third kappa shape index (κ3) is 4.62. The highest BCUT2D eigenvalue weighted by Gasteiger charge is 2.14. The molecule has 0 saturated heterocycles. The average Bonchev–Trinajstić information content (AvgIpc) is 3.60. The largest absolute Gasteiger partial charge is 0.291 e. The standard InChI is InChI=1S/C29H20FN5OS/c1-19-7-12-21(13-8-19)27-22(18-34(33-27)24-5-3-2-4-6-24)17-25-28(36)35-29(37-25)31-26(32-35)16-11-20-9-14-23(30)15-10-20/h2-18H,1H3/b16-11+,25-17-. The summed E-state index contributed by atoms with van der Waals surface area (Å²) in [5.41, 5.74) is 5.24. The van der Waals surface area contributed by atoms with Gasteiger partial charge < -0.3 is 0 Å². The van der Waals surface area contributed by atoms with Gasteiger partial charge in [0.05, 0.1) is 15.9 Å². The molecule has 0 aliphatic rings. The molecule has 0 amide bonds. The highest BCUT2D eigenvalue weighted by atomic mass is 32.1. The van der Waals surface area contributed by atoms with Gasteiger partial charge in [-0.3, -0.25) is 4.79 Å². The first-order valence-corrected chi connectivity index (χ1v) is 12.4. The fraction of sp³-hybridized carbons (Fsp3) is 0.0345. The molecule has 0 aliphatic heterocycles. The maximum atomic E-state index is 13.2. The molecule has 8 heteroatoms. The first-order chi connectivity index (χ1) is 18.0. The predicted molar refractivity (Wildman–Crippen MR) is 145 cm³/mol. The maximum absolute atomic E-state index is 13.2. The van der Waals surface area contributed by atoms with Crippen molar-refractivity contribution in [3.63, 3.8) is 0 Å². The van der Waals surface area contributed by atoms with E-state index in [-0.39, 0.29) is 11.4 Å². The van der Waals surface area contributed by atoms with E-state index >= 15 is 0 Å². The Bertz CT molecular complexity index is 1850. The van der Waals surface area contributed by atoms with Crippen LogP contribution in [0.25, 0.3) is 40.1 Å². The number of para-hydroxylation sites is 1. The van der Waals surface area contributed by atoms with Crippen molar-refractivity contribution in [2.75, 3.05) is 0 Å². The highest BCUT2D eigenvalue weighted by molar-refractivity contribution is 7.15. The van der Waals surface area contributed by atoms with E-state index in [2.05, 4.69) is 10.1 Å². The third-order valence-corrected chi connectivity index (χ3v) is 6.83. The van der Waals surface area contributed by atoms with Crippen molar-refractivity contribution in [2.24, 2.45) is 0 Å². The lowest BCUT2D eigenvalue weighted by Crippen LogP contribution is -2.23. The summed E-state index contributed by atoms with van der Waals surface area (Å²) in [4.78, 5) is 18.2. The van der Waals surface area contributed by atoms with E-state index in [1.54, 1.807) is 24.3 Å². The van der Waals surface area contributed by atoms with Gasteiger partial charge in [-0.15, -0.1) is 5.10 Å². The molecule has 0 atom stereocenters. The maximum Gasteiger partial charge on any atom is 0.291 e. The van der Waals surface area contributed by atoms with Crippen LogP contribution in [0, 0.1) is 12.7 Å². The number of nitrogens with zero attached hydrogens (tertiary/aromatic N) is 5. The van der Waals surface area contributed by atoms with E-state index in [4.69, 9.17) is 5.10 Å². The van der Waals surface area contributed by atoms with Crippen LogP contribution in [-0.4, -0.2) is 24.4 Å². The second-order valence-electron chi connectivity index (χ2n) is 8.54. The number of hydrogen-bond donors (Lipinski definition) is 0. The number of rotatable bonds is 5. The zero-order chi connectivity index (χ0) is 25.4. The van der Waals surface area contributed by atoms with E-state index in [1.807, 2.05) is 78.5 Å². The van der Waals surface area contributed by atoms with Crippen LogP contribution in [-0.2, 0) is 0 Å². The van der Waals surface area contributed by atoms with Gasteiger partial charge in [-0.25, -0.2) is 9.07 Å². The van der Waals surface area contributed by atoms with Crippen LogP contribution in [0.3, 0.4) is 0 Å². The fourth-order valence-corrected chi connectivity index (χ4v) is 4.85. The third-order valence-electron chi connectivity index (χ3n) is 5.87. The van der Waals surface area contributed by atoms with Crippen molar-refractivity contribution in [3.05, 3.63) is 128 Å². The van der Waals surface area contributed by atoms with Gasteiger partial charge >= 0.3 is 0 Å². The Morgan fingerprint density at radius 2 is 1.65 bits per heavy atom. The average molecular weight is 506 g/mol. The summed E-state index contributed by atoms with van der Waals surface area (Å²) in [6.07, 6.45) is 7.26. The number of aromatic nitrogens is 5. The van der Waals surface area contributed by atoms with E-state index in [0.29, 0.717) is 15.3 Å². The highest BCUT2D eigenvalue weighted by Crippen LogP contribution is 2.25. The molecule has 37 heavy (non-hydrogen) atoms. The van der Waals surface area contributed by atoms with Crippen LogP contribution in [0.15, 0.2) is 89.9 Å². The lowest BCUT2D eigenvalue weighted by Gasteiger charge is -2.01. The first kappa shape index (κ1) is 22.8. The summed E-state index contributed by atoms with van der Waals surface area (Å²) in [5.74, 6) is 0.119. The Morgan fingerprint density at radius 1 is 0.892 bits per heavy atom. The molecule has 3 aromatic heterocycles. The Balaban J connectivity index is 1.40. The molecule has 0 unspecified atom stereocenters. The smallest absolute Gasteiger partial charge is 0.266 e. The molecule has 6 nitrogen and oxygen atoms in total. The van der Waals surface area contributed by atoms with Crippen molar-refractivity contribution in [1.82, 2.24) is 24.4 Å². The van der Waals surface area contributed by atoms with Crippen molar-refractivity contribution in [2.45, 2.75) is 6.92 Å². The zero-order valence-electron chi connectivity index (χ0n) is 19.7. The van der Waals surface area contributed by atoms with Crippen molar-refractivity contribution < 1.29 is 4.39 Å². The van der Waals surface area contributed by atoms with Gasteiger partial charge in [0.25, 0.3) is 5.56 Å². The number of halogens is 1. The molecular weight excluding hydrogens is 485 g/mol. The van der Waals surface area contributed by atoms with Gasteiger partial charge in [0.15, 0.2) is 5.82 Å². The Kier molecular flexibility index (Phi) is 5.78. The molecule has 0 aliphatic carbocycles. The molecule has 0 spiro atoms. The molecule has 0 saturated carbocycles. The van der Waals surface area contributed by atoms with E-state index in [0.717, 1.165) is 33.6 Å². The predicted octanol–water partition coefficient (Wildman–Crippen LogP) is 5.17. The van der Waals surface area contributed by atoms with Crippen LogP contribution >= 0.6 is 11.3 Å². The van der Waals surface area contributed by atoms with Crippen LogP contribution in [0.5, 0.6) is 0 Å². The van der Waals surface area contributed by atoms with E-state index in [9.17, 15) is 9.18 Å². The number of aryl methyl sites for hydroxylation is 1. The first-order valence-electron chi connectivity index (χ1n) is 11.6. The summed E-state index contributed by atoms with van der Waals surface area (Å²) in [7, 11) is 0. The molecule has 6 aromatic rings. The quantitative estimate of drug-likeness (QED) is 0.324. The summed E-state index contributed by atoms with van der Waals surface area (Å²) >= 11 is 1.28. The lowest BCUT2D eigenvalue weighted by molar-refractivity contribution is 0.628. The second kappa shape index (κ2) is 9.40. The van der Waals surface area contributed by atoms with Crippen LogP contribution in [0.2, 0.25) is 0 Å². The summed E-state index contributed by atoms with van der Waals surface area (Å²) in [5, 5.41) is 9.19. The monoisotopic (exact) mass is 505 g/mol. The molecule has 0 bridgehead atoms. The van der Waals surface area contributed by atoms with Crippen molar-refractivity contribution >= 4 is 34.5 Å². The number of benzene rings is 3. The van der Waals surface area contributed by atoms with Gasteiger partial charge in [0, 0.05) is 17.3 Å². The number of hydrogen-bond acceptors (Lipinski definition) is 5. The number of fused-ring (bicyclic) bond motifs is 1. The summed E-state index contributed by atoms with van der Waals surface area (Å²) < 4.78 is 16.8. The molecule has 0 N–H and O–H groups in total. The van der Waals surface area contributed by atoms with Crippen molar-refractivity contribution in [1.29, 1.82) is 0 Å². The molecule has 6 rings (SSSR count). The fourth-order valence-electron chi connectivity index (χ4n) is 3.95. The minimum atomic E-state index is -0.294. The summed E-state index contributed by atoms with van der Waals surface area (Å²) in [6.45, 7) is 2.04. The van der Waals surface area contributed by atoms with Gasteiger partial charge in [0.1, 0.15) is 5.82 Å². The Morgan fingerprint density at radius 3 is 2.38 bits per heavy atom. The summed E-state index contributed by atoms with van der Waals surface area (Å²) in [6, 6.07) is 24.1. The molecule has 0 radical (unpaired) electrons. The SMILES string of the molecule is Cc1ccc(-c2nn(-c3ccccc3)cc2/C=c2\sc3nc(/C=C/c4ccc(F)cc4)nn3c2=O)cc1. The van der Waals surface area contributed by atoms with Gasteiger partial charge in [0.2, 0.25) is 4.96 Å². The molecule has 3 heterocycles. The Hall–Kier alpha value is -4.69. The minimum absolute atomic E-state index is 0.240. The minimum Gasteiger partial charge on any atom is -0.266 e. The molecule has 0 fully saturated rings. The van der Waals surface area contributed by atoms with Gasteiger partial charge in [-0.2, -0.15) is 14.6 Å². The topological polar surface area (TPSA) is 65.1 Å². The molecular formula is C29H20FN5OS. The molecule has 180 valence electrons. The van der Waals surface area contributed by atoms with Gasteiger partial charge in [-0.05, 0) is 48.9 Å². The normalized spacial score (nSPS) is 12.2. The van der Waals surface area contributed by atoms with E-state index in [1.165, 1.54) is 28.0 Å². The van der Waals surface area contributed by atoms with Crippen molar-refractivity contribution in [3.8, 4) is 16.9 Å². The Labute approximate surface area is 215 Å². The number of thiazole rings is 1. The molecule has 3 aromatic carbocycles. The zero-order valence-corrected chi connectivity index (χ0v) is 20.6. The second-order valence-corrected chi connectivity index (χ2v) is 9.55. The lowest BCUT2D eigenvalue weighted by atomic mass is 10.1.